The van der Waals surface area contributed by atoms with Crippen LogP contribution in [-0.4, -0.2) is 46.8 Å². The molecular formula is C19H47PSi4. The number of hydrogen-bond donors (Lipinski definition) is 0. The molecule has 0 radical (unpaired) electrons. The van der Waals surface area contributed by atoms with Crippen molar-refractivity contribution in [2.75, 3.05) is 0 Å². The summed E-state index contributed by atoms with van der Waals surface area (Å²) in [4.78, 5) is 0. The summed E-state index contributed by atoms with van der Waals surface area (Å²) in [7, 11) is -4.89. The van der Waals surface area contributed by atoms with Gasteiger partial charge in [-0.25, -0.2) is 0 Å². The molecule has 0 saturated carbocycles. The molecule has 144 valence electrons. The predicted molar refractivity (Wildman–Crippen MR) is 130 cm³/mol. The van der Waals surface area contributed by atoms with E-state index >= 15 is 0 Å². The molecule has 0 aromatic carbocycles. The highest BCUT2D eigenvalue weighted by Gasteiger charge is 2.71. The topological polar surface area (TPSA) is 0 Å². The van der Waals surface area contributed by atoms with Gasteiger partial charge in [0, 0.05) is 0 Å². The molecule has 0 bridgehead atoms. The fourth-order valence-electron chi connectivity index (χ4n) is 7.01. The van der Waals surface area contributed by atoms with Crippen LogP contribution in [0.3, 0.4) is 0 Å². The van der Waals surface area contributed by atoms with Gasteiger partial charge >= 0.3 is 0 Å². The lowest BCUT2D eigenvalue weighted by molar-refractivity contribution is 0.775. The van der Waals surface area contributed by atoms with Crippen LogP contribution < -0.4 is 0 Å². The third kappa shape index (κ3) is 3.19. The first-order valence-electron chi connectivity index (χ1n) is 10.1. The molecule has 1 rings (SSSR count). The molecule has 0 spiro atoms. The average molecular weight is 419 g/mol. The van der Waals surface area contributed by atoms with Crippen LogP contribution in [0.5, 0.6) is 0 Å². The minimum Gasteiger partial charge on any atom is -0.102 e. The highest BCUT2D eigenvalue weighted by Crippen LogP contribution is 2.79. The molecule has 1 aliphatic heterocycles. The van der Waals surface area contributed by atoms with E-state index in [9.17, 15) is 0 Å². The number of hydrogen-bond acceptors (Lipinski definition) is 0. The minimum atomic E-state index is -1.25. The fourth-order valence-corrected chi connectivity index (χ4v) is 49.9. The monoisotopic (exact) mass is 418 g/mol. The van der Waals surface area contributed by atoms with Gasteiger partial charge in [-0.1, -0.05) is 92.4 Å². The van der Waals surface area contributed by atoms with Crippen molar-refractivity contribution in [3.8, 4) is 0 Å². The van der Waals surface area contributed by atoms with E-state index in [1.165, 1.54) is 0 Å². The van der Waals surface area contributed by atoms with Crippen LogP contribution in [0.2, 0.25) is 78.6 Å². The lowest BCUT2D eigenvalue weighted by Crippen LogP contribution is -2.69. The van der Waals surface area contributed by atoms with E-state index in [1.54, 1.807) is 12.8 Å². The molecule has 1 fully saturated rings. The fraction of sp³-hybridized carbons (Fsp3) is 1.00. The Kier molecular flexibility index (Phi) is 6.25. The number of rotatable bonds is 5. The zero-order valence-corrected chi connectivity index (χ0v) is 24.3. The highest BCUT2D eigenvalue weighted by atomic mass is 31.1. The maximum absolute atomic E-state index is 2.73. The molecule has 5 heteroatoms. The Morgan fingerprint density at radius 1 is 0.542 bits per heavy atom. The summed E-state index contributed by atoms with van der Waals surface area (Å²) >= 11 is 0. The van der Waals surface area contributed by atoms with Gasteiger partial charge in [-0.2, -0.15) is 0 Å². The third-order valence-corrected chi connectivity index (χ3v) is 41.1. The summed E-state index contributed by atoms with van der Waals surface area (Å²) in [6.07, 6.45) is 3.16. The third-order valence-electron chi connectivity index (χ3n) is 7.15. The molecule has 0 aromatic heterocycles. The van der Waals surface area contributed by atoms with Gasteiger partial charge in [-0.05, 0) is 27.3 Å². The molecule has 0 unspecified atom stereocenters. The second-order valence-corrected chi connectivity index (χ2v) is 40.1. The van der Waals surface area contributed by atoms with E-state index in [0.29, 0.717) is 0 Å². The molecule has 0 N–H and O–H groups in total. The predicted octanol–water partition coefficient (Wildman–Crippen LogP) is 7.66. The Labute approximate surface area is 159 Å². The van der Waals surface area contributed by atoms with Crippen LogP contribution in [0, 0.1) is 0 Å². The van der Waals surface area contributed by atoms with Crippen molar-refractivity contribution >= 4 is 40.2 Å². The Morgan fingerprint density at radius 3 is 0.875 bits per heavy atom. The van der Waals surface area contributed by atoms with Crippen molar-refractivity contribution in [2.45, 2.75) is 120 Å². The van der Waals surface area contributed by atoms with Crippen molar-refractivity contribution in [1.82, 2.24) is 0 Å². The molecule has 0 atom stereocenters. The summed E-state index contributed by atoms with van der Waals surface area (Å²) < 4.78 is 1.54. The Balaban J connectivity index is 3.90. The summed E-state index contributed by atoms with van der Waals surface area (Å²) in [5.74, 6) is 0. The van der Waals surface area contributed by atoms with Gasteiger partial charge in [0.2, 0.25) is 0 Å². The molecule has 1 aliphatic rings. The Morgan fingerprint density at radius 2 is 0.750 bits per heavy atom. The summed E-state index contributed by atoms with van der Waals surface area (Å²) in [6, 6.07) is 0. The summed E-state index contributed by atoms with van der Waals surface area (Å²) in [5.41, 5.74) is 0.902. The minimum absolute atomic E-state index is 0.0952. The molecular weight excluding hydrogens is 372 g/mol. The van der Waals surface area contributed by atoms with Crippen molar-refractivity contribution < 1.29 is 0 Å². The SMILES string of the molecule is CC(C)P1C([Si](C)(C)C)([Si](C)(C)C)CCC1([Si](C)(C)C)[Si](C)(C)C. The molecule has 0 aromatic rings. The van der Waals surface area contributed by atoms with Gasteiger partial charge in [0.25, 0.3) is 0 Å². The zero-order valence-electron chi connectivity index (χ0n) is 19.4. The van der Waals surface area contributed by atoms with Crippen molar-refractivity contribution in [3.63, 3.8) is 0 Å². The lowest BCUT2D eigenvalue weighted by atomic mass is 10.4. The van der Waals surface area contributed by atoms with Crippen molar-refractivity contribution in [2.24, 2.45) is 0 Å². The van der Waals surface area contributed by atoms with E-state index < -0.39 is 32.3 Å². The van der Waals surface area contributed by atoms with Crippen LogP contribution in [0.4, 0.5) is 0 Å². The average Bonchev–Trinajstić information content (AvgIpc) is 2.62. The van der Waals surface area contributed by atoms with Gasteiger partial charge < -0.3 is 0 Å². The Bertz CT molecular complexity index is 390. The van der Waals surface area contributed by atoms with E-state index in [-0.39, 0.29) is 7.92 Å². The van der Waals surface area contributed by atoms with Gasteiger partial charge in [0.05, 0.1) is 32.3 Å². The van der Waals surface area contributed by atoms with Crippen LogP contribution in [0.25, 0.3) is 0 Å². The standard InChI is InChI=1S/C19H47PSi4/c1-17(2)20-18(21(3,4)5,22(6,7)8)15-16-19(20,23(9,10)11)24(12,13)14/h17H,15-16H2,1-14H3. The van der Waals surface area contributed by atoms with Gasteiger partial charge in [0.15, 0.2) is 0 Å². The first-order valence-corrected chi connectivity index (χ1v) is 25.5. The van der Waals surface area contributed by atoms with Gasteiger partial charge in [-0.15, -0.1) is 7.92 Å². The van der Waals surface area contributed by atoms with Gasteiger partial charge in [0.1, 0.15) is 0 Å². The van der Waals surface area contributed by atoms with Gasteiger partial charge in [-0.3, -0.25) is 0 Å². The molecule has 24 heavy (non-hydrogen) atoms. The maximum Gasteiger partial charge on any atom is 0.0526 e. The zero-order chi connectivity index (χ0) is 19.6. The summed E-state index contributed by atoms with van der Waals surface area (Å²) in [5, 5.41) is 0. The Hall–Kier alpha value is 1.30. The first-order chi connectivity index (χ1) is 10.3. The molecule has 0 amide bonds. The van der Waals surface area contributed by atoms with Crippen molar-refractivity contribution in [1.29, 1.82) is 0 Å². The highest BCUT2D eigenvalue weighted by molar-refractivity contribution is 7.74. The summed E-state index contributed by atoms with van der Waals surface area (Å²) in [6.45, 7) is 38.0. The molecule has 0 aliphatic carbocycles. The molecule has 0 nitrogen and oxygen atoms in total. The van der Waals surface area contributed by atoms with Crippen LogP contribution in [-0.2, 0) is 0 Å². The van der Waals surface area contributed by atoms with E-state index in [0.717, 1.165) is 14.5 Å². The lowest BCUT2D eigenvalue weighted by Gasteiger charge is -2.63. The maximum atomic E-state index is 2.73. The van der Waals surface area contributed by atoms with E-state index in [2.05, 4.69) is 92.4 Å². The normalized spacial score (nSPS) is 23.1. The first kappa shape index (κ1) is 23.3. The molecule has 1 saturated heterocycles. The van der Waals surface area contributed by atoms with Crippen molar-refractivity contribution in [3.05, 3.63) is 0 Å². The quantitative estimate of drug-likeness (QED) is 0.317. The second-order valence-electron chi connectivity index (χ2n) is 12.7. The molecule has 1 heterocycles. The van der Waals surface area contributed by atoms with E-state index in [1.807, 2.05) is 0 Å². The van der Waals surface area contributed by atoms with E-state index in [4.69, 9.17) is 0 Å². The second kappa shape index (κ2) is 6.43. The van der Waals surface area contributed by atoms with Crippen LogP contribution in [0.15, 0.2) is 0 Å². The smallest absolute Gasteiger partial charge is 0.0526 e. The van der Waals surface area contributed by atoms with Crippen LogP contribution >= 0.6 is 7.92 Å². The van der Waals surface area contributed by atoms with Crippen LogP contribution in [0.1, 0.15) is 26.7 Å². The largest absolute Gasteiger partial charge is 0.102 e.